The molecule has 1 heterocycles. The lowest BCUT2D eigenvalue weighted by atomic mass is 9.97. The normalized spacial score (nSPS) is 21.3. The van der Waals surface area contributed by atoms with E-state index in [9.17, 15) is 18.0 Å². The molecule has 0 atom stereocenters. The van der Waals surface area contributed by atoms with Crippen LogP contribution in [0.1, 0.15) is 36.0 Å². The molecule has 1 spiro atoms. The van der Waals surface area contributed by atoms with Crippen LogP contribution in [0.15, 0.2) is 29.2 Å². The number of rotatable bonds is 3. The van der Waals surface area contributed by atoms with Gasteiger partial charge >= 0.3 is 11.9 Å². The summed E-state index contributed by atoms with van der Waals surface area (Å²) in [5.74, 6) is -1.60. The fraction of sp³-hybridized carbons (Fsp3) is 0.467. The number of morpholine rings is 1. The molecule has 1 aromatic rings. The zero-order valence-corrected chi connectivity index (χ0v) is 13.2. The van der Waals surface area contributed by atoms with Crippen molar-refractivity contribution in [1.82, 2.24) is 4.31 Å². The van der Waals surface area contributed by atoms with Crippen molar-refractivity contribution in [1.29, 1.82) is 0 Å². The Bertz CT molecular complexity index is 734. The number of nitrogens with zero attached hydrogens (tertiary/aromatic N) is 1. The number of carboxylic acid groups (broad SMARTS) is 1. The topological polar surface area (TPSA) is 101 Å². The van der Waals surface area contributed by atoms with Gasteiger partial charge in [-0.3, -0.25) is 4.79 Å². The van der Waals surface area contributed by atoms with Crippen molar-refractivity contribution < 1.29 is 27.9 Å². The van der Waals surface area contributed by atoms with Crippen LogP contribution < -0.4 is 0 Å². The molecule has 0 amide bonds. The average molecular weight is 339 g/mol. The van der Waals surface area contributed by atoms with Crippen molar-refractivity contribution in [2.75, 3.05) is 13.2 Å². The van der Waals surface area contributed by atoms with Crippen LogP contribution in [0.25, 0.3) is 0 Å². The first-order valence-electron chi connectivity index (χ1n) is 7.41. The lowest BCUT2D eigenvalue weighted by Gasteiger charge is -2.41. The van der Waals surface area contributed by atoms with Gasteiger partial charge < -0.3 is 9.84 Å². The van der Waals surface area contributed by atoms with E-state index in [1.165, 1.54) is 28.6 Å². The molecule has 1 aliphatic heterocycles. The highest BCUT2D eigenvalue weighted by Gasteiger charge is 2.54. The maximum atomic E-state index is 12.9. The maximum Gasteiger partial charge on any atom is 0.335 e. The molecule has 0 aromatic heterocycles. The predicted molar refractivity (Wildman–Crippen MR) is 79.5 cm³/mol. The number of carboxylic acids is 1. The van der Waals surface area contributed by atoms with E-state index in [4.69, 9.17) is 9.84 Å². The van der Waals surface area contributed by atoms with E-state index in [0.717, 1.165) is 12.8 Å². The first kappa shape index (κ1) is 15.9. The molecule has 2 aliphatic rings. The summed E-state index contributed by atoms with van der Waals surface area (Å²) in [6.07, 6.45) is 2.47. The van der Waals surface area contributed by atoms with E-state index in [2.05, 4.69) is 0 Å². The first-order valence-corrected chi connectivity index (χ1v) is 8.85. The van der Waals surface area contributed by atoms with Gasteiger partial charge in [0.15, 0.2) is 0 Å². The largest absolute Gasteiger partial charge is 0.478 e. The molecule has 1 N–H and O–H groups in total. The van der Waals surface area contributed by atoms with Gasteiger partial charge in [0, 0.05) is 6.54 Å². The second-order valence-electron chi connectivity index (χ2n) is 5.78. The molecular formula is C15H17NO6S. The fourth-order valence-electron chi connectivity index (χ4n) is 3.33. The van der Waals surface area contributed by atoms with Crippen molar-refractivity contribution in [3.8, 4) is 0 Å². The lowest BCUT2D eigenvalue weighted by molar-refractivity contribution is -0.162. The van der Waals surface area contributed by atoms with E-state index in [1.54, 1.807) is 0 Å². The van der Waals surface area contributed by atoms with Crippen molar-refractivity contribution in [2.45, 2.75) is 36.1 Å². The van der Waals surface area contributed by atoms with Gasteiger partial charge in [-0.1, -0.05) is 12.8 Å². The second kappa shape index (κ2) is 5.61. The predicted octanol–water partition coefficient (Wildman–Crippen LogP) is 1.25. The minimum Gasteiger partial charge on any atom is -0.478 e. The van der Waals surface area contributed by atoms with Crippen molar-refractivity contribution in [3.63, 3.8) is 0 Å². The van der Waals surface area contributed by atoms with Crippen LogP contribution >= 0.6 is 0 Å². The summed E-state index contributed by atoms with van der Waals surface area (Å²) in [4.78, 5) is 23.1. The summed E-state index contributed by atoms with van der Waals surface area (Å²) in [5.41, 5.74) is -1.10. The summed E-state index contributed by atoms with van der Waals surface area (Å²) < 4.78 is 32.2. The van der Waals surface area contributed by atoms with E-state index in [-0.39, 0.29) is 23.6 Å². The number of aromatic carboxylic acids is 1. The SMILES string of the molecule is O=C(O)c1ccc(S(=O)(=O)N2CCOC(=O)C23CCCC3)cc1. The van der Waals surface area contributed by atoms with Crippen LogP contribution in [0.3, 0.4) is 0 Å². The molecule has 7 nitrogen and oxygen atoms in total. The van der Waals surface area contributed by atoms with E-state index in [0.29, 0.717) is 12.8 Å². The monoisotopic (exact) mass is 339 g/mol. The third-order valence-electron chi connectivity index (χ3n) is 4.50. The van der Waals surface area contributed by atoms with Crippen molar-refractivity contribution in [3.05, 3.63) is 29.8 Å². The Morgan fingerprint density at radius 2 is 1.78 bits per heavy atom. The Balaban J connectivity index is 2.00. The Morgan fingerprint density at radius 3 is 2.35 bits per heavy atom. The standard InChI is InChI=1S/C15H17NO6S/c17-13(18)11-3-5-12(6-4-11)23(20,21)16-9-10-22-14(19)15(16)7-1-2-8-15/h3-6H,1-2,7-10H2,(H,17,18). The number of sulfonamides is 1. The summed E-state index contributed by atoms with van der Waals surface area (Å²) in [6.45, 7) is 0.155. The van der Waals surface area contributed by atoms with Gasteiger partial charge in [-0.15, -0.1) is 0 Å². The number of hydrogen-bond acceptors (Lipinski definition) is 5. The molecule has 1 aromatic carbocycles. The molecule has 124 valence electrons. The zero-order chi connectivity index (χ0) is 16.7. The van der Waals surface area contributed by atoms with Gasteiger partial charge in [0.25, 0.3) is 0 Å². The number of benzene rings is 1. The number of hydrogen-bond donors (Lipinski definition) is 1. The molecule has 1 saturated heterocycles. The third-order valence-corrected chi connectivity index (χ3v) is 6.49. The highest BCUT2D eigenvalue weighted by molar-refractivity contribution is 7.89. The minimum absolute atomic E-state index is 0.0107. The van der Waals surface area contributed by atoms with Gasteiger partial charge in [0.2, 0.25) is 10.0 Å². The second-order valence-corrected chi connectivity index (χ2v) is 7.64. The zero-order valence-electron chi connectivity index (χ0n) is 12.4. The number of esters is 1. The lowest BCUT2D eigenvalue weighted by Crippen LogP contribution is -2.60. The van der Waals surface area contributed by atoms with E-state index < -0.39 is 27.5 Å². The summed E-state index contributed by atoms with van der Waals surface area (Å²) in [5, 5.41) is 8.91. The number of carbonyl (C=O) groups is 2. The third kappa shape index (κ3) is 2.51. The molecule has 2 fully saturated rings. The highest BCUT2D eigenvalue weighted by Crippen LogP contribution is 2.41. The molecule has 23 heavy (non-hydrogen) atoms. The number of carbonyl (C=O) groups excluding carboxylic acids is 1. The summed E-state index contributed by atoms with van der Waals surface area (Å²) in [6, 6.07) is 5.03. The van der Waals surface area contributed by atoms with Gasteiger partial charge in [0.1, 0.15) is 12.1 Å². The molecule has 0 unspecified atom stereocenters. The fourth-order valence-corrected chi connectivity index (χ4v) is 5.10. The van der Waals surface area contributed by atoms with Gasteiger partial charge in [-0.25, -0.2) is 13.2 Å². The molecule has 1 saturated carbocycles. The molecule has 8 heteroatoms. The van der Waals surface area contributed by atoms with Gasteiger partial charge in [-0.05, 0) is 37.1 Å². The van der Waals surface area contributed by atoms with Crippen molar-refractivity contribution in [2.24, 2.45) is 0 Å². The minimum atomic E-state index is -3.89. The van der Waals surface area contributed by atoms with Crippen LogP contribution in [-0.4, -0.2) is 48.5 Å². The van der Waals surface area contributed by atoms with Crippen LogP contribution in [0.2, 0.25) is 0 Å². The molecule has 0 radical (unpaired) electrons. The molecular weight excluding hydrogens is 322 g/mol. The molecule has 1 aliphatic carbocycles. The van der Waals surface area contributed by atoms with E-state index in [1.807, 2.05) is 0 Å². The van der Waals surface area contributed by atoms with E-state index >= 15 is 0 Å². The molecule has 0 bridgehead atoms. The smallest absolute Gasteiger partial charge is 0.335 e. The Morgan fingerprint density at radius 1 is 1.17 bits per heavy atom. The van der Waals surface area contributed by atoms with Crippen molar-refractivity contribution >= 4 is 22.0 Å². The van der Waals surface area contributed by atoms with Crippen LogP contribution in [-0.2, 0) is 19.6 Å². The first-order chi connectivity index (χ1) is 10.9. The highest BCUT2D eigenvalue weighted by atomic mass is 32.2. The van der Waals surface area contributed by atoms with Gasteiger partial charge in [-0.2, -0.15) is 4.31 Å². The Labute approximate surface area is 133 Å². The number of cyclic esters (lactones) is 1. The van der Waals surface area contributed by atoms with Crippen LogP contribution in [0.5, 0.6) is 0 Å². The van der Waals surface area contributed by atoms with Gasteiger partial charge in [0.05, 0.1) is 10.5 Å². The summed E-state index contributed by atoms with van der Waals surface area (Å²) >= 11 is 0. The number of ether oxygens (including phenoxy) is 1. The Kier molecular flexibility index (Phi) is 3.89. The average Bonchev–Trinajstić information content (AvgIpc) is 3.00. The summed E-state index contributed by atoms with van der Waals surface area (Å²) in [7, 11) is -3.89. The van der Waals surface area contributed by atoms with Crippen LogP contribution in [0.4, 0.5) is 0 Å². The maximum absolute atomic E-state index is 12.9. The quantitative estimate of drug-likeness (QED) is 0.832. The Hall–Kier alpha value is -1.93. The van der Waals surface area contributed by atoms with Crippen LogP contribution in [0, 0.1) is 0 Å². The molecule has 3 rings (SSSR count).